The highest BCUT2D eigenvalue weighted by Gasteiger charge is 2.39. The number of urea groups is 1. The Balaban J connectivity index is 1.39. The molecule has 0 saturated carbocycles. The molecule has 0 aromatic carbocycles. The predicted octanol–water partition coefficient (Wildman–Crippen LogP) is 3.99. The molecule has 4 heterocycles. The Hall–Kier alpha value is -3.16. The molecule has 1 aliphatic carbocycles. The minimum atomic E-state index is -4.24. The van der Waals surface area contributed by atoms with E-state index in [4.69, 9.17) is 0 Å². The summed E-state index contributed by atoms with van der Waals surface area (Å²) < 4.78 is 67.5. The van der Waals surface area contributed by atoms with E-state index >= 15 is 0 Å². The second-order valence-corrected chi connectivity index (χ2v) is 12.1. The van der Waals surface area contributed by atoms with Crippen LogP contribution in [0.1, 0.15) is 38.5 Å². The lowest BCUT2D eigenvalue weighted by molar-refractivity contribution is -0.148. The van der Waals surface area contributed by atoms with Crippen molar-refractivity contribution < 1.29 is 26.7 Å². The number of carbonyl (C=O) groups excluding carboxylic acids is 1. The molecule has 238 valence electrons. The first-order valence-electron chi connectivity index (χ1n) is 15.0. The largest absolute Gasteiger partial charge is 0.401 e. The molecule has 4 aliphatic heterocycles. The normalized spacial score (nSPS) is 25.9. The van der Waals surface area contributed by atoms with Crippen LogP contribution >= 0.6 is 0 Å². The summed E-state index contributed by atoms with van der Waals surface area (Å²) in [5, 5.41) is 21.5. The molecular formula is C29H41F5N8O. The Labute approximate surface area is 249 Å². The number of amidine groups is 1. The highest BCUT2D eigenvalue weighted by atomic mass is 19.4. The predicted molar refractivity (Wildman–Crippen MR) is 154 cm³/mol. The smallest absolute Gasteiger partial charge is 0.385 e. The average Bonchev–Trinajstić information content (AvgIpc) is 3.41. The molecular weight excluding hydrogens is 571 g/mol. The number of amides is 2. The molecule has 0 aromatic rings. The third-order valence-corrected chi connectivity index (χ3v) is 9.18. The van der Waals surface area contributed by atoms with E-state index in [1.165, 1.54) is 4.90 Å². The number of hydrazone groups is 1. The summed E-state index contributed by atoms with van der Waals surface area (Å²) in [4.78, 5) is 17.4. The minimum absolute atomic E-state index is 0.0584. The molecule has 43 heavy (non-hydrogen) atoms. The van der Waals surface area contributed by atoms with Crippen LogP contribution in [0.3, 0.4) is 0 Å². The van der Waals surface area contributed by atoms with E-state index in [0.717, 1.165) is 24.1 Å². The van der Waals surface area contributed by atoms with Crippen LogP contribution in [0.15, 0.2) is 39.3 Å². The van der Waals surface area contributed by atoms with Crippen LogP contribution in [0.4, 0.5) is 26.7 Å². The molecule has 0 aromatic heterocycles. The standard InChI is InChI=1S/C29H41F5N8O/c1-36-28(43)41-11-7-24(38-20-5-9-40(10-6-20)17-29(32,33)34)23(16-41)27(35)42-8-3-4-18-12-21(19-14-37-39(2)15-19)22(26(30)31)13-25(18)42/h13-14,19-21,26,35,38H,3-12,15-17H2,1-2H3,(H,36,43). The van der Waals surface area contributed by atoms with Crippen LogP contribution in [-0.4, -0.2) is 116 Å². The van der Waals surface area contributed by atoms with Crippen molar-refractivity contribution in [3.05, 3.63) is 34.2 Å². The van der Waals surface area contributed by atoms with Crippen LogP contribution in [0, 0.1) is 17.2 Å². The van der Waals surface area contributed by atoms with Crippen LogP contribution in [0.5, 0.6) is 0 Å². The lowest BCUT2D eigenvalue weighted by atomic mass is 9.75. The van der Waals surface area contributed by atoms with Crippen LogP contribution in [0.25, 0.3) is 0 Å². The summed E-state index contributed by atoms with van der Waals surface area (Å²) in [6, 6.07) is -0.330. The van der Waals surface area contributed by atoms with Gasteiger partial charge in [-0.1, -0.05) is 0 Å². The first-order valence-corrected chi connectivity index (χ1v) is 15.0. The Kier molecular flexibility index (Phi) is 9.33. The molecule has 1 saturated heterocycles. The summed E-state index contributed by atoms with van der Waals surface area (Å²) in [6.45, 7) is 1.38. The highest BCUT2D eigenvalue weighted by Crippen LogP contribution is 2.42. The first-order chi connectivity index (χ1) is 20.4. The average molecular weight is 613 g/mol. The highest BCUT2D eigenvalue weighted by molar-refractivity contribution is 5.99. The molecule has 14 heteroatoms. The van der Waals surface area contributed by atoms with Gasteiger partial charge in [-0.05, 0) is 49.7 Å². The van der Waals surface area contributed by atoms with Crippen LogP contribution in [-0.2, 0) is 0 Å². The summed E-state index contributed by atoms with van der Waals surface area (Å²) in [5.41, 5.74) is 3.18. The molecule has 0 bridgehead atoms. The third-order valence-electron chi connectivity index (χ3n) is 9.18. The minimum Gasteiger partial charge on any atom is -0.385 e. The van der Waals surface area contributed by atoms with E-state index in [1.807, 2.05) is 11.9 Å². The molecule has 0 radical (unpaired) electrons. The molecule has 9 nitrogen and oxygen atoms in total. The zero-order valence-electron chi connectivity index (χ0n) is 24.7. The Morgan fingerprint density at radius 1 is 1.16 bits per heavy atom. The second kappa shape index (κ2) is 12.8. The Morgan fingerprint density at radius 2 is 1.91 bits per heavy atom. The van der Waals surface area contributed by atoms with E-state index in [0.29, 0.717) is 69.7 Å². The maximum atomic E-state index is 14.4. The van der Waals surface area contributed by atoms with Gasteiger partial charge in [0.15, 0.2) is 0 Å². The number of piperidine rings is 1. The van der Waals surface area contributed by atoms with E-state index in [1.54, 1.807) is 29.2 Å². The molecule has 2 amide bonds. The van der Waals surface area contributed by atoms with Gasteiger partial charge < -0.3 is 20.4 Å². The number of hydrogen-bond donors (Lipinski definition) is 3. The molecule has 0 spiro atoms. The second-order valence-electron chi connectivity index (χ2n) is 12.1. The van der Waals surface area contributed by atoms with Crippen molar-refractivity contribution in [2.75, 3.05) is 59.9 Å². The fraction of sp³-hybridized carbons (Fsp3) is 0.690. The van der Waals surface area contributed by atoms with Gasteiger partial charge in [0.2, 0.25) is 0 Å². The summed E-state index contributed by atoms with van der Waals surface area (Å²) in [7, 11) is 3.38. The molecule has 5 rings (SSSR count). The number of nitrogens with one attached hydrogen (secondary N) is 3. The number of nitrogens with zero attached hydrogens (tertiary/aromatic N) is 5. The molecule has 1 fully saturated rings. The lowest BCUT2D eigenvalue weighted by Crippen LogP contribution is -2.50. The fourth-order valence-electron chi connectivity index (χ4n) is 6.98. The van der Waals surface area contributed by atoms with Gasteiger partial charge >= 0.3 is 12.2 Å². The van der Waals surface area contributed by atoms with Crippen LogP contribution in [0.2, 0.25) is 0 Å². The van der Waals surface area contributed by atoms with E-state index in [2.05, 4.69) is 15.7 Å². The topological polar surface area (TPSA) is 90.3 Å². The van der Waals surface area contributed by atoms with Crippen molar-refractivity contribution >= 4 is 18.1 Å². The van der Waals surface area contributed by atoms with Gasteiger partial charge in [0, 0.05) is 94.0 Å². The lowest BCUT2D eigenvalue weighted by Gasteiger charge is -2.41. The zero-order chi connectivity index (χ0) is 30.9. The van der Waals surface area contributed by atoms with Crippen molar-refractivity contribution in [3.63, 3.8) is 0 Å². The quantitative estimate of drug-likeness (QED) is 0.240. The number of halogens is 5. The van der Waals surface area contributed by atoms with Crippen molar-refractivity contribution in [2.45, 2.75) is 57.2 Å². The van der Waals surface area contributed by atoms with E-state index < -0.39 is 19.1 Å². The van der Waals surface area contributed by atoms with Crippen molar-refractivity contribution in [1.82, 2.24) is 30.3 Å². The molecule has 2 atom stereocenters. The SMILES string of the molecule is CNC(=O)N1CCC(NC2CCN(CC(F)(F)F)CC2)=C(C(=N)N2CCCC3=C2C=C(C(F)F)C(C2C=NN(C)C2)C3)C1. The van der Waals surface area contributed by atoms with Gasteiger partial charge in [-0.3, -0.25) is 15.3 Å². The number of alkyl halides is 5. The molecule has 3 N–H and O–H groups in total. The number of rotatable bonds is 6. The third kappa shape index (κ3) is 7.15. The van der Waals surface area contributed by atoms with Gasteiger partial charge in [0.25, 0.3) is 6.43 Å². The van der Waals surface area contributed by atoms with Crippen LogP contribution < -0.4 is 10.6 Å². The van der Waals surface area contributed by atoms with Gasteiger partial charge in [-0.25, -0.2) is 13.6 Å². The fourth-order valence-corrected chi connectivity index (χ4v) is 6.98. The summed E-state index contributed by atoms with van der Waals surface area (Å²) >= 11 is 0. The monoisotopic (exact) mass is 612 g/mol. The number of likely N-dealkylation sites (tertiary alicyclic amines) is 1. The van der Waals surface area contributed by atoms with Gasteiger partial charge in [-0.15, -0.1) is 0 Å². The molecule has 5 aliphatic rings. The van der Waals surface area contributed by atoms with Crippen molar-refractivity contribution in [2.24, 2.45) is 16.9 Å². The van der Waals surface area contributed by atoms with Crippen molar-refractivity contribution in [3.8, 4) is 0 Å². The summed E-state index contributed by atoms with van der Waals surface area (Å²) in [6.07, 6.45) is 0.0309. The summed E-state index contributed by atoms with van der Waals surface area (Å²) in [5.74, 6) is -0.280. The van der Waals surface area contributed by atoms with E-state index in [-0.39, 0.29) is 41.9 Å². The van der Waals surface area contributed by atoms with Gasteiger partial charge in [0.05, 0.1) is 13.1 Å². The number of carbonyl (C=O) groups is 1. The number of allylic oxidation sites excluding steroid dienone is 3. The zero-order valence-corrected chi connectivity index (χ0v) is 24.7. The Morgan fingerprint density at radius 3 is 2.53 bits per heavy atom. The van der Waals surface area contributed by atoms with Gasteiger partial charge in [0.1, 0.15) is 5.84 Å². The van der Waals surface area contributed by atoms with Gasteiger partial charge in [-0.2, -0.15) is 18.3 Å². The number of hydrogen-bond acceptors (Lipinski definition) is 6. The van der Waals surface area contributed by atoms with E-state index in [9.17, 15) is 32.2 Å². The maximum Gasteiger partial charge on any atom is 0.401 e. The maximum absolute atomic E-state index is 14.4. The van der Waals surface area contributed by atoms with Crippen molar-refractivity contribution in [1.29, 1.82) is 5.41 Å². The molecule has 2 unspecified atom stereocenters. The Bertz CT molecular complexity index is 1200. The first kappa shape index (κ1) is 31.3.